The van der Waals surface area contributed by atoms with Crippen LogP contribution < -0.4 is 14.8 Å². The third-order valence-electron chi connectivity index (χ3n) is 3.03. The summed E-state index contributed by atoms with van der Waals surface area (Å²) in [4.78, 5) is 22.7. The first-order valence-electron chi connectivity index (χ1n) is 6.65. The zero-order chi connectivity index (χ0) is 17.6. The highest BCUT2D eigenvalue weighted by Crippen LogP contribution is 2.34. The molecular weight excluding hydrogens is 308 g/mol. The van der Waals surface area contributed by atoms with Crippen molar-refractivity contribution >= 4 is 11.6 Å². The van der Waals surface area contributed by atoms with Crippen LogP contribution in [-0.4, -0.2) is 56.0 Å². The minimum absolute atomic E-state index is 0.00130. The number of methoxy groups -OCH3 is 3. The predicted molar refractivity (Wildman–Crippen MR) is 81.0 cm³/mol. The number of carbonyl (C=O) groups is 1. The lowest BCUT2D eigenvalue weighted by molar-refractivity contribution is -0.385. The van der Waals surface area contributed by atoms with Crippen LogP contribution in [0.3, 0.4) is 0 Å². The van der Waals surface area contributed by atoms with E-state index in [-0.39, 0.29) is 30.2 Å². The molecule has 0 fully saturated rings. The zero-order valence-electron chi connectivity index (χ0n) is 13.4. The first-order valence-corrected chi connectivity index (χ1v) is 6.65. The number of carbonyl (C=O) groups excluding carboxylic acids is 1. The highest BCUT2D eigenvalue weighted by Gasteiger charge is 2.27. The van der Waals surface area contributed by atoms with Crippen molar-refractivity contribution in [3.05, 3.63) is 27.8 Å². The maximum atomic E-state index is 12.2. The van der Waals surface area contributed by atoms with Crippen LogP contribution in [0.25, 0.3) is 0 Å². The van der Waals surface area contributed by atoms with E-state index in [1.54, 1.807) is 0 Å². The van der Waals surface area contributed by atoms with Crippen LogP contribution in [0.5, 0.6) is 11.5 Å². The van der Waals surface area contributed by atoms with Crippen molar-refractivity contribution in [3.8, 4) is 11.5 Å². The number of amides is 1. The molecule has 1 aromatic carbocycles. The van der Waals surface area contributed by atoms with Crippen LogP contribution in [-0.2, 0) is 4.74 Å². The minimum atomic E-state index is -1.30. The molecule has 1 aromatic rings. The predicted octanol–water partition coefficient (Wildman–Crippen LogP) is 0.739. The number of nitrogens with zero attached hydrogens (tertiary/aromatic N) is 1. The third kappa shape index (κ3) is 4.80. The Bertz CT molecular complexity index is 587. The van der Waals surface area contributed by atoms with Crippen LogP contribution in [0.15, 0.2) is 12.1 Å². The lowest BCUT2D eigenvalue weighted by atomic mass is 10.1. The molecule has 0 aliphatic carbocycles. The third-order valence-corrected chi connectivity index (χ3v) is 3.03. The van der Waals surface area contributed by atoms with Crippen molar-refractivity contribution in [2.24, 2.45) is 0 Å². The largest absolute Gasteiger partial charge is 0.493 e. The Labute approximate surface area is 133 Å². The molecule has 0 saturated heterocycles. The summed E-state index contributed by atoms with van der Waals surface area (Å²) >= 11 is 0. The highest BCUT2D eigenvalue weighted by molar-refractivity contribution is 5.99. The average Bonchev–Trinajstić information content (AvgIpc) is 2.51. The Hall–Kier alpha value is -2.39. The van der Waals surface area contributed by atoms with Gasteiger partial charge in [-0.05, 0) is 6.92 Å². The molecule has 128 valence electrons. The lowest BCUT2D eigenvalue weighted by Gasteiger charge is -2.22. The van der Waals surface area contributed by atoms with E-state index in [0.29, 0.717) is 0 Å². The van der Waals surface area contributed by atoms with Gasteiger partial charge < -0.3 is 24.6 Å². The highest BCUT2D eigenvalue weighted by atomic mass is 16.6. The fourth-order valence-corrected chi connectivity index (χ4v) is 1.93. The summed E-state index contributed by atoms with van der Waals surface area (Å²) in [5, 5.41) is 23.5. The van der Waals surface area contributed by atoms with E-state index in [4.69, 9.17) is 14.2 Å². The van der Waals surface area contributed by atoms with Crippen molar-refractivity contribution in [2.75, 3.05) is 34.5 Å². The molecule has 0 aliphatic rings. The molecule has 9 heteroatoms. The van der Waals surface area contributed by atoms with Gasteiger partial charge in [0.2, 0.25) is 0 Å². The van der Waals surface area contributed by atoms with Crippen molar-refractivity contribution in [1.82, 2.24) is 5.32 Å². The quantitative estimate of drug-likeness (QED) is 0.533. The summed E-state index contributed by atoms with van der Waals surface area (Å²) in [6, 6.07) is 2.33. The number of hydrogen-bond donors (Lipinski definition) is 2. The Balaban J connectivity index is 3.10. The number of nitro benzene ring substituents is 1. The van der Waals surface area contributed by atoms with Gasteiger partial charge in [0.25, 0.3) is 11.6 Å². The molecular formula is C14H20N2O7. The SMILES string of the molecule is COCC(C)(O)CNC(=O)c1cc(OC)c(OC)cc1[N+](=O)[O-]. The molecule has 0 bridgehead atoms. The molecule has 0 aromatic heterocycles. The van der Waals surface area contributed by atoms with E-state index >= 15 is 0 Å². The second kappa shape index (κ2) is 7.75. The summed E-state index contributed by atoms with van der Waals surface area (Å²) in [5.41, 5.74) is -1.91. The van der Waals surface area contributed by atoms with E-state index in [2.05, 4.69) is 5.32 Å². The van der Waals surface area contributed by atoms with Crippen molar-refractivity contribution in [3.63, 3.8) is 0 Å². The van der Waals surface area contributed by atoms with Gasteiger partial charge in [0, 0.05) is 19.7 Å². The smallest absolute Gasteiger partial charge is 0.286 e. The van der Waals surface area contributed by atoms with E-state index < -0.39 is 22.1 Å². The average molecular weight is 328 g/mol. The van der Waals surface area contributed by atoms with Gasteiger partial charge in [-0.3, -0.25) is 14.9 Å². The molecule has 1 amide bonds. The van der Waals surface area contributed by atoms with Gasteiger partial charge in [0.1, 0.15) is 11.2 Å². The Morgan fingerprint density at radius 3 is 2.35 bits per heavy atom. The van der Waals surface area contributed by atoms with Gasteiger partial charge in [-0.2, -0.15) is 0 Å². The Morgan fingerprint density at radius 1 is 1.30 bits per heavy atom. The second-order valence-electron chi connectivity index (χ2n) is 5.09. The molecule has 1 atom stereocenters. The number of nitrogens with one attached hydrogen (secondary N) is 1. The molecule has 1 rings (SSSR count). The van der Waals surface area contributed by atoms with Crippen LogP contribution >= 0.6 is 0 Å². The van der Waals surface area contributed by atoms with Gasteiger partial charge in [-0.15, -0.1) is 0 Å². The maximum absolute atomic E-state index is 12.2. The fourth-order valence-electron chi connectivity index (χ4n) is 1.93. The summed E-state index contributed by atoms with van der Waals surface area (Å²) in [5.74, 6) is -0.386. The zero-order valence-corrected chi connectivity index (χ0v) is 13.4. The van der Waals surface area contributed by atoms with Gasteiger partial charge in [0.15, 0.2) is 11.5 Å². The first kappa shape index (κ1) is 18.7. The molecule has 0 radical (unpaired) electrons. The van der Waals surface area contributed by atoms with Gasteiger partial charge in [-0.1, -0.05) is 0 Å². The van der Waals surface area contributed by atoms with Crippen molar-refractivity contribution < 1.29 is 29.0 Å². The van der Waals surface area contributed by atoms with E-state index in [0.717, 1.165) is 6.07 Å². The topological polar surface area (TPSA) is 120 Å². The molecule has 0 spiro atoms. The van der Waals surface area contributed by atoms with Gasteiger partial charge in [0.05, 0.1) is 31.8 Å². The molecule has 0 heterocycles. The molecule has 23 heavy (non-hydrogen) atoms. The van der Waals surface area contributed by atoms with Gasteiger partial charge in [-0.25, -0.2) is 0 Å². The van der Waals surface area contributed by atoms with Crippen molar-refractivity contribution in [1.29, 1.82) is 0 Å². The number of rotatable bonds is 8. The van der Waals surface area contributed by atoms with Crippen LogP contribution in [0, 0.1) is 10.1 Å². The number of nitro groups is 1. The summed E-state index contributed by atoms with van der Waals surface area (Å²) in [7, 11) is 4.10. The molecule has 2 N–H and O–H groups in total. The monoisotopic (exact) mass is 328 g/mol. The molecule has 9 nitrogen and oxygen atoms in total. The number of ether oxygens (including phenoxy) is 3. The van der Waals surface area contributed by atoms with Gasteiger partial charge >= 0.3 is 0 Å². The molecule has 0 saturated carbocycles. The van der Waals surface area contributed by atoms with Crippen LogP contribution in [0.1, 0.15) is 17.3 Å². The number of aliphatic hydroxyl groups is 1. The first-order chi connectivity index (χ1) is 10.8. The van der Waals surface area contributed by atoms with E-state index in [9.17, 15) is 20.0 Å². The second-order valence-corrected chi connectivity index (χ2v) is 5.09. The van der Waals surface area contributed by atoms with Crippen LogP contribution in [0.4, 0.5) is 5.69 Å². The summed E-state index contributed by atoms with van der Waals surface area (Å²) in [6.07, 6.45) is 0. The van der Waals surface area contributed by atoms with Crippen molar-refractivity contribution in [2.45, 2.75) is 12.5 Å². The molecule has 0 aliphatic heterocycles. The van der Waals surface area contributed by atoms with E-state index in [1.807, 2.05) is 0 Å². The lowest BCUT2D eigenvalue weighted by Crippen LogP contribution is -2.43. The number of benzene rings is 1. The minimum Gasteiger partial charge on any atom is -0.493 e. The summed E-state index contributed by atoms with van der Waals surface area (Å²) < 4.78 is 14.9. The maximum Gasteiger partial charge on any atom is 0.286 e. The Kier molecular flexibility index (Phi) is 6.28. The van der Waals surface area contributed by atoms with E-state index in [1.165, 1.54) is 34.3 Å². The fraction of sp³-hybridized carbons (Fsp3) is 0.500. The summed E-state index contributed by atoms with van der Waals surface area (Å²) in [6.45, 7) is 1.34. The standard InChI is InChI=1S/C14H20N2O7/c1-14(18,8-21-2)7-15-13(17)9-5-11(22-3)12(23-4)6-10(9)16(19)20/h5-6,18H,7-8H2,1-4H3,(H,15,17). The van der Waals surface area contributed by atoms with Crippen LogP contribution in [0.2, 0.25) is 0 Å². The molecule has 1 unspecified atom stereocenters. The Morgan fingerprint density at radius 2 is 1.87 bits per heavy atom. The number of hydrogen-bond acceptors (Lipinski definition) is 7. The normalized spacial score (nSPS) is 13.1.